The van der Waals surface area contributed by atoms with E-state index in [2.05, 4.69) is 255 Å². The average Bonchev–Trinajstić information content (AvgIpc) is 3.57. The van der Waals surface area contributed by atoms with Crippen LogP contribution in [0.4, 0.5) is 17.1 Å². The molecule has 11 rings (SSSR count). The van der Waals surface area contributed by atoms with Gasteiger partial charge in [0.15, 0.2) is 0 Å². The molecule has 62 heavy (non-hydrogen) atoms. The summed E-state index contributed by atoms with van der Waals surface area (Å²) >= 11 is 0. The van der Waals surface area contributed by atoms with E-state index in [9.17, 15) is 0 Å². The lowest BCUT2D eigenvalue weighted by molar-refractivity contribution is 0.660. The lowest BCUT2D eigenvalue weighted by Crippen LogP contribution is -2.14. The van der Waals surface area contributed by atoms with Crippen molar-refractivity contribution in [2.75, 3.05) is 4.90 Å². The second kappa shape index (κ2) is 15.4. The van der Waals surface area contributed by atoms with Gasteiger partial charge in [0, 0.05) is 22.5 Å². The summed E-state index contributed by atoms with van der Waals surface area (Å²) in [7, 11) is 0. The molecule has 0 spiro atoms. The zero-order valence-corrected chi connectivity index (χ0v) is 35.0. The van der Waals surface area contributed by atoms with Gasteiger partial charge in [-0.2, -0.15) is 0 Å². The highest BCUT2D eigenvalue weighted by molar-refractivity contribution is 5.89. The molecule has 0 bridgehead atoms. The molecule has 294 valence electrons. The fourth-order valence-corrected chi connectivity index (χ4v) is 9.47. The van der Waals surface area contributed by atoms with Crippen molar-refractivity contribution >= 4 is 27.8 Å². The van der Waals surface area contributed by atoms with E-state index >= 15 is 0 Å². The Morgan fingerprint density at radius 1 is 0.258 bits per heavy atom. The van der Waals surface area contributed by atoms with Gasteiger partial charge in [-0.15, -0.1) is 0 Å². The van der Waals surface area contributed by atoms with Crippen molar-refractivity contribution < 1.29 is 0 Å². The maximum absolute atomic E-state index is 2.40. The minimum Gasteiger partial charge on any atom is -0.311 e. The van der Waals surface area contributed by atoms with E-state index in [0.717, 1.165) is 17.1 Å². The van der Waals surface area contributed by atoms with Crippen molar-refractivity contribution in [2.24, 2.45) is 0 Å². The highest BCUT2D eigenvalue weighted by Crippen LogP contribution is 2.49. The van der Waals surface area contributed by atoms with E-state index in [4.69, 9.17) is 0 Å². The fourth-order valence-electron chi connectivity index (χ4n) is 9.47. The molecule has 1 nitrogen and oxygen atoms in total. The van der Waals surface area contributed by atoms with Crippen molar-refractivity contribution in [1.29, 1.82) is 0 Å². The molecule has 0 heterocycles. The molecular weight excluding hydrogens is 747 g/mol. The van der Waals surface area contributed by atoms with Crippen molar-refractivity contribution in [3.8, 4) is 66.8 Å². The molecule has 0 saturated heterocycles. The Morgan fingerprint density at radius 2 is 0.645 bits per heavy atom. The summed E-state index contributed by atoms with van der Waals surface area (Å²) in [5, 5.41) is 2.52. The normalized spacial score (nSPS) is 12.5. The first-order valence-corrected chi connectivity index (χ1v) is 21.6. The summed E-state index contributed by atoms with van der Waals surface area (Å²) in [5.41, 5.74) is 20.9. The molecule has 0 saturated carbocycles. The van der Waals surface area contributed by atoms with Crippen molar-refractivity contribution in [3.63, 3.8) is 0 Å². The number of hydrogen-bond acceptors (Lipinski definition) is 1. The van der Waals surface area contributed by atoms with Gasteiger partial charge in [-0.25, -0.2) is 0 Å². The van der Waals surface area contributed by atoms with Crippen molar-refractivity contribution in [1.82, 2.24) is 0 Å². The fraction of sp³-hybridized carbons (Fsp3) is 0.0492. The molecular formula is C61H45N. The molecule has 0 radical (unpaired) electrons. The van der Waals surface area contributed by atoms with Gasteiger partial charge in [0.1, 0.15) is 0 Å². The summed E-state index contributed by atoms with van der Waals surface area (Å²) in [5.74, 6) is 0. The predicted molar refractivity (Wildman–Crippen MR) is 263 cm³/mol. The van der Waals surface area contributed by atoms with E-state index < -0.39 is 0 Å². The molecule has 0 aliphatic heterocycles. The Hall–Kier alpha value is -7.74. The molecule has 10 aromatic rings. The first-order valence-electron chi connectivity index (χ1n) is 21.6. The number of benzene rings is 10. The third kappa shape index (κ3) is 6.79. The predicted octanol–water partition coefficient (Wildman–Crippen LogP) is 17.0. The van der Waals surface area contributed by atoms with E-state index in [0.29, 0.717) is 0 Å². The smallest absolute Gasteiger partial charge is 0.0462 e. The van der Waals surface area contributed by atoms with Gasteiger partial charge < -0.3 is 4.90 Å². The first-order chi connectivity index (χ1) is 30.5. The minimum atomic E-state index is -0.0380. The zero-order valence-electron chi connectivity index (χ0n) is 35.0. The van der Waals surface area contributed by atoms with Crippen LogP contribution in [0.25, 0.3) is 77.5 Å². The number of anilines is 3. The van der Waals surface area contributed by atoms with Crippen LogP contribution >= 0.6 is 0 Å². The number of hydrogen-bond donors (Lipinski definition) is 0. The summed E-state index contributed by atoms with van der Waals surface area (Å²) < 4.78 is 0. The van der Waals surface area contributed by atoms with Gasteiger partial charge in [-0.05, 0) is 143 Å². The maximum Gasteiger partial charge on any atom is 0.0462 e. The van der Waals surface area contributed by atoms with Gasteiger partial charge in [0.2, 0.25) is 0 Å². The van der Waals surface area contributed by atoms with Gasteiger partial charge in [0.25, 0.3) is 0 Å². The minimum absolute atomic E-state index is 0.0380. The topological polar surface area (TPSA) is 3.24 Å². The zero-order chi connectivity index (χ0) is 41.6. The molecule has 1 heteroatoms. The van der Waals surface area contributed by atoms with Crippen LogP contribution < -0.4 is 4.90 Å². The maximum atomic E-state index is 2.40. The molecule has 0 atom stereocenters. The Morgan fingerprint density at radius 3 is 1.26 bits per heavy atom. The van der Waals surface area contributed by atoms with Gasteiger partial charge >= 0.3 is 0 Å². The molecule has 0 unspecified atom stereocenters. The first kappa shape index (κ1) is 37.3. The SMILES string of the molecule is CC1(C)c2ccccc2-c2ccc(-c3ccc(N(c4ccc(-c5ccccc5)cc4)c4ccc(-c5ccc(-c6cccc(-c7ccc8ccccc8c7)c6)cc5)cc4)cc3)cc21. The molecule has 0 aromatic heterocycles. The summed E-state index contributed by atoms with van der Waals surface area (Å²) in [4.78, 5) is 2.36. The van der Waals surface area contributed by atoms with Gasteiger partial charge in [-0.3, -0.25) is 0 Å². The van der Waals surface area contributed by atoms with Crippen LogP contribution in [0.2, 0.25) is 0 Å². The van der Waals surface area contributed by atoms with Gasteiger partial charge in [0.05, 0.1) is 0 Å². The van der Waals surface area contributed by atoms with Crippen LogP contribution in [0.5, 0.6) is 0 Å². The van der Waals surface area contributed by atoms with Gasteiger partial charge in [-0.1, -0.05) is 196 Å². The molecule has 1 aliphatic carbocycles. The van der Waals surface area contributed by atoms with Crippen LogP contribution in [0, 0.1) is 0 Å². The standard InChI is InChI=1S/C61H45N/c1-61(2)59-18-9-8-17-57(59)58-38-31-53(41-60(58)61)48-29-36-56(37-30-48)62(54-32-25-45(26-33-54)42-11-4-3-5-12-42)55-34-27-46(28-35-55)44-19-21-47(22-20-44)50-15-10-16-51(39-50)52-24-23-43-13-6-7-14-49(43)40-52/h3-41H,1-2H3. The lowest BCUT2D eigenvalue weighted by Gasteiger charge is -2.26. The Kier molecular flexibility index (Phi) is 9.24. The van der Waals surface area contributed by atoms with E-state index in [-0.39, 0.29) is 5.41 Å². The number of fused-ring (bicyclic) bond motifs is 4. The molecule has 0 fully saturated rings. The van der Waals surface area contributed by atoms with Crippen LogP contribution in [0.3, 0.4) is 0 Å². The third-order valence-electron chi connectivity index (χ3n) is 12.9. The second-order valence-electron chi connectivity index (χ2n) is 17.0. The molecule has 0 N–H and O–H groups in total. The van der Waals surface area contributed by atoms with E-state index in [1.807, 2.05) is 0 Å². The Balaban J connectivity index is 0.887. The van der Waals surface area contributed by atoms with Crippen molar-refractivity contribution in [2.45, 2.75) is 19.3 Å². The lowest BCUT2D eigenvalue weighted by atomic mass is 9.81. The quantitative estimate of drug-likeness (QED) is 0.148. The second-order valence-corrected chi connectivity index (χ2v) is 17.0. The van der Waals surface area contributed by atoms with E-state index in [1.165, 1.54) is 88.7 Å². The number of nitrogens with zero attached hydrogens (tertiary/aromatic N) is 1. The van der Waals surface area contributed by atoms with Crippen molar-refractivity contribution in [3.05, 3.63) is 248 Å². The highest BCUT2D eigenvalue weighted by atomic mass is 15.1. The number of rotatable bonds is 8. The summed E-state index contributed by atoms with van der Waals surface area (Å²) in [6.45, 7) is 4.69. The van der Waals surface area contributed by atoms with Crippen LogP contribution in [0.1, 0.15) is 25.0 Å². The van der Waals surface area contributed by atoms with E-state index in [1.54, 1.807) is 0 Å². The van der Waals surface area contributed by atoms with Crippen LogP contribution in [-0.4, -0.2) is 0 Å². The molecule has 10 aromatic carbocycles. The summed E-state index contributed by atoms with van der Waals surface area (Å²) in [6, 6.07) is 86.5. The van der Waals surface area contributed by atoms with Crippen LogP contribution in [0.15, 0.2) is 237 Å². The third-order valence-corrected chi connectivity index (χ3v) is 12.9. The largest absolute Gasteiger partial charge is 0.311 e. The average molecular weight is 792 g/mol. The van der Waals surface area contributed by atoms with Crippen LogP contribution in [-0.2, 0) is 5.41 Å². The molecule has 1 aliphatic rings. The Bertz CT molecular complexity index is 3210. The Labute approximate surface area is 364 Å². The summed E-state index contributed by atoms with van der Waals surface area (Å²) in [6.07, 6.45) is 0. The highest BCUT2D eigenvalue weighted by Gasteiger charge is 2.35. The molecule has 0 amide bonds. The monoisotopic (exact) mass is 791 g/mol.